The molecule has 0 fully saturated rings. The number of amides is 1. The van der Waals surface area contributed by atoms with Crippen molar-refractivity contribution in [3.05, 3.63) is 51.7 Å². The van der Waals surface area contributed by atoms with E-state index in [0.29, 0.717) is 9.50 Å². The topological polar surface area (TPSA) is 75.7 Å². The monoisotopic (exact) mass is 476 g/mol. The van der Waals surface area contributed by atoms with Crippen molar-refractivity contribution < 1.29 is 22.3 Å². The minimum absolute atomic E-state index is 0.00680. The number of halogens is 3. The molecule has 144 valence electrons. The Morgan fingerprint density at radius 2 is 2.07 bits per heavy atom. The van der Waals surface area contributed by atoms with Gasteiger partial charge in [-0.1, -0.05) is 27.5 Å². The van der Waals surface area contributed by atoms with Crippen LogP contribution in [-0.2, 0) is 14.8 Å². The summed E-state index contributed by atoms with van der Waals surface area (Å²) in [5.41, 5.74) is 0.266. The maximum atomic E-state index is 14.0. The Morgan fingerprint density at radius 3 is 2.74 bits per heavy atom. The lowest BCUT2D eigenvalue weighted by Crippen LogP contribution is -2.36. The van der Waals surface area contributed by atoms with Crippen molar-refractivity contribution in [1.82, 2.24) is 0 Å². The van der Waals surface area contributed by atoms with Crippen molar-refractivity contribution in [2.75, 3.05) is 22.4 Å². The van der Waals surface area contributed by atoms with E-state index in [2.05, 4.69) is 21.2 Å². The minimum atomic E-state index is -3.60. The van der Waals surface area contributed by atoms with Crippen molar-refractivity contribution in [2.24, 2.45) is 0 Å². The second-order valence-electron chi connectivity index (χ2n) is 5.96. The van der Waals surface area contributed by atoms with E-state index in [-0.39, 0.29) is 30.1 Å². The molecule has 0 saturated carbocycles. The molecule has 1 aliphatic heterocycles. The first-order valence-electron chi connectivity index (χ1n) is 7.85. The average Bonchev–Trinajstić information content (AvgIpc) is 2.76. The predicted octanol–water partition coefficient (Wildman–Crippen LogP) is 3.80. The van der Waals surface area contributed by atoms with Gasteiger partial charge in [0.15, 0.2) is 6.10 Å². The van der Waals surface area contributed by atoms with E-state index in [0.717, 1.165) is 10.6 Å². The molecule has 1 amide bonds. The number of ether oxygens (including phenoxy) is 1. The van der Waals surface area contributed by atoms with Crippen LogP contribution in [0.1, 0.15) is 6.42 Å². The fourth-order valence-electron chi connectivity index (χ4n) is 2.69. The molecule has 2 aromatic rings. The first kappa shape index (κ1) is 19.9. The number of sulfonamides is 1. The number of nitrogens with one attached hydrogen (secondary N) is 1. The summed E-state index contributed by atoms with van der Waals surface area (Å²) >= 11 is 9.13. The fourth-order valence-corrected chi connectivity index (χ4v) is 4.12. The highest BCUT2D eigenvalue weighted by molar-refractivity contribution is 9.10. The maximum absolute atomic E-state index is 14.0. The largest absolute Gasteiger partial charge is 0.478 e. The highest BCUT2D eigenvalue weighted by atomic mass is 79.9. The molecule has 0 aromatic heterocycles. The Bertz CT molecular complexity index is 1000. The van der Waals surface area contributed by atoms with Gasteiger partial charge < -0.3 is 10.1 Å². The van der Waals surface area contributed by atoms with E-state index in [4.69, 9.17) is 16.3 Å². The van der Waals surface area contributed by atoms with Crippen molar-refractivity contribution in [1.29, 1.82) is 0 Å². The van der Waals surface area contributed by atoms with Gasteiger partial charge in [-0.2, -0.15) is 0 Å². The lowest BCUT2D eigenvalue weighted by Gasteiger charge is -2.21. The number of carbonyl (C=O) groups excluding carboxylic acids is 1. The molecule has 0 aliphatic carbocycles. The third kappa shape index (κ3) is 4.53. The number of carbonyl (C=O) groups is 1. The third-order valence-corrected chi connectivity index (χ3v) is 5.84. The van der Waals surface area contributed by atoms with E-state index >= 15 is 0 Å². The van der Waals surface area contributed by atoms with E-state index in [1.807, 2.05) is 0 Å². The van der Waals surface area contributed by atoms with Crippen LogP contribution in [0.5, 0.6) is 5.75 Å². The molecule has 0 saturated heterocycles. The second kappa shape index (κ2) is 7.65. The van der Waals surface area contributed by atoms with E-state index in [1.165, 1.54) is 30.3 Å². The number of benzene rings is 2. The smallest absolute Gasteiger partial charge is 0.265 e. The zero-order valence-corrected chi connectivity index (χ0v) is 17.2. The van der Waals surface area contributed by atoms with Gasteiger partial charge in [-0.15, -0.1) is 0 Å². The molecule has 0 spiro atoms. The molecule has 1 aliphatic rings. The zero-order chi connectivity index (χ0) is 19.8. The summed E-state index contributed by atoms with van der Waals surface area (Å²) in [6.07, 6.45) is 0.151. The molecular weight excluding hydrogens is 463 g/mol. The molecule has 2 aromatic carbocycles. The molecule has 1 heterocycles. The average molecular weight is 478 g/mol. The maximum Gasteiger partial charge on any atom is 0.265 e. The molecule has 3 rings (SSSR count). The fraction of sp³-hybridized carbons (Fsp3) is 0.235. The normalized spacial score (nSPS) is 16.9. The van der Waals surface area contributed by atoms with Gasteiger partial charge in [-0.25, -0.2) is 12.8 Å². The number of rotatable bonds is 3. The van der Waals surface area contributed by atoms with Crippen molar-refractivity contribution in [2.45, 2.75) is 12.5 Å². The summed E-state index contributed by atoms with van der Waals surface area (Å²) in [6, 6.07) is 8.75. The number of nitrogens with zero attached hydrogens (tertiary/aromatic N) is 1. The molecule has 1 atom stereocenters. The van der Waals surface area contributed by atoms with Crippen LogP contribution >= 0.6 is 27.5 Å². The Labute approximate surface area is 169 Å². The molecule has 1 unspecified atom stereocenters. The van der Waals surface area contributed by atoms with Gasteiger partial charge in [-0.3, -0.25) is 9.10 Å². The van der Waals surface area contributed by atoms with Crippen LogP contribution in [0.15, 0.2) is 40.9 Å². The molecule has 0 bridgehead atoms. The number of anilines is 2. The highest BCUT2D eigenvalue weighted by Gasteiger charge is 2.31. The number of hydrogen-bond acceptors (Lipinski definition) is 4. The Kier molecular flexibility index (Phi) is 5.64. The molecule has 27 heavy (non-hydrogen) atoms. The standard InChI is InChI=1S/C17H15BrClFN2O4S/c1-27(24,25)22-7-6-16(26-15-5-3-11(19)9-14(15)22)17(23)21-13-4-2-10(18)8-12(13)20/h2-5,8-9,16H,6-7H2,1H3,(H,21,23). The van der Waals surface area contributed by atoms with Gasteiger partial charge in [0.05, 0.1) is 17.6 Å². The van der Waals surface area contributed by atoms with Gasteiger partial charge >= 0.3 is 0 Å². The molecule has 1 N–H and O–H groups in total. The van der Waals surface area contributed by atoms with Gasteiger partial charge in [0.2, 0.25) is 10.0 Å². The van der Waals surface area contributed by atoms with Crippen LogP contribution in [-0.4, -0.2) is 33.2 Å². The van der Waals surface area contributed by atoms with Gasteiger partial charge in [0.1, 0.15) is 11.6 Å². The van der Waals surface area contributed by atoms with E-state index < -0.39 is 27.9 Å². The first-order chi connectivity index (χ1) is 12.6. The van der Waals surface area contributed by atoms with Crippen LogP contribution in [0, 0.1) is 5.82 Å². The zero-order valence-electron chi connectivity index (χ0n) is 14.1. The summed E-state index contributed by atoms with van der Waals surface area (Å²) in [5, 5.41) is 2.82. The van der Waals surface area contributed by atoms with Crippen LogP contribution in [0.4, 0.5) is 15.8 Å². The van der Waals surface area contributed by atoms with Crippen molar-refractivity contribution in [3.8, 4) is 5.75 Å². The van der Waals surface area contributed by atoms with E-state index in [1.54, 1.807) is 6.07 Å². The summed E-state index contributed by atoms with van der Waals surface area (Å²) in [4.78, 5) is 12.6. The first-order valence-corrected chi connectivity index (χ1v) is 10.9. The Hall–Kier alpha value is -1.84. The van der Waals surface area contributed by atoms with Crippen LogP contribution in [0.2, 0.25) is 5.02 Å². The summed E-state index contributed by atoms with van der Waals surface area (Å²) in [6.45, 7) is 0.0209. The number of fused-ring (bicyclic) bond motifs is 1. The predicted molar refractivity (Wildman–Crippen MR) is 105 cm³/mol. The number of hydrogen-bond donors (Lipinski definition) is 1. The van der Waals surface area contributed by atoms with Crippen LogP contribution < -0.4 is 14.4 Å². The van der Waals surface area contributed by atoms with Crippen LogP contribution in [0.3, 0.4) is 0 Å². The lowest BCUT2D eigenvalue weighted by atomic mass is 10.2. The second-order valence-corrected chi connectivity index (χ2v) is 9.21. The van der Waals surface area contributed by atoms with E-state index in [9.17, 15) is 17.6 Å². The van der Waals surface area contributed by atoms with Crippen molar-refractivity contribution >= 4 is 54.8 Å². The molecule has 10 heteroatoms. The Balaban J connectivity index is 1.88. The summed E-state index contributed by atoms with van der Waals surface area (Å²) in [7, 11) is -3.60. The third-order valence-electron chi connectivity index (χ3n) is 3.94. The van der Waals surface area contributed by atoms with Crippen LogP contribution in [0.25, 0.3) is 0 Å². The van der Waals surface area contributed by atoms with Gasteiger partial charge in [-0.05, 0) is 36.4 Å². The quantitative estimate of drug-likeness (QED) is 0.730. The molecular formula is C17H15BrClFN2O4S. The van der Waals surface area contributed by atoms with Crippen molar-refractivity contribution in [3.63, 3.8) is 0 Å². The molecule has 6 nitrogen and oxygen atoms in total. The summed E-state index contributed by atoms with van der Waals surface area (Å²) < 4.78 is 45.6. The van der Waals surface area contributed by atoms with Gasteiger partial charge in [0, 0.05) is 22.5 Å². The Morgan fingerprint density at radius 1 is 1.33 bits per heavy atom. The SMILES string of the molecule is CS(=O)(=O)N1CCC(C(=O)Nc2ccc(Br)cc2F)Oc2ccc(Cl)cc21. The van der Waals surface area contributed by atoms with Gasteiger partial charge in [0.25, 0.3) is 5.91 Å². The minimum Gasteiger partial charge on any atom is -0.478 e. The highest BCUT2D eigenvalue weighted by Crippen LogP contribution is 2.36. The molecule has 0 radical (unpaired) electrons. The lowest BCUT2D eigenvalue weighted by molar-refractivity contribution is -0.122. The summed E-state index contributed by atoms with van der Waals surface area (Å²) in [5.74, 6) is -0.970.